The molecule has 6 heteroatoms. The number of carbonyl (C=O) groups is 2. The van der Waals surface area contributed by atoms with E-state index in [9.17, 15) is 9.59 Å². The van der Waals surface area contributed by atoms with E-state index in [1.807, 2.05) is 41.8 Å². The molecule has 1 heterocycles. The summed E-state index contributed by atoms with van der Waals surface area (Å²) in [5.74, 6) is -0.107. The van der Waals surface area contributed by atoms with Crippen LogP contribution in [0.2, 0.25) is 0 Å². The van der Waals surface area contributed by atoms with Crippen molar-refractivity contribution in [1.29, 1.82) is 0 Å². The molecule has 0 radical (unpaired) electrons. The molecule has 0 spiro atoms. The molecule has 23 heavy (non-hydrogen) atoms. The first-order valence-electron chi connectivity index (χ1n) is 8.23. The first-order valence-corrected chi connectivity index (χ1v) is 8.23. The molecule has 2 rings (SSSR count). The number of ether oxygens (including phenoxy) is 1. The minimum Gasteiger partial charge on any atom is -0.375 e. The highest BCUT2D eigenvalue weighted by Gasteiger charge is 2.34. The van der Waals surface area contributed by atoms with E-state index in [1.165, 1.54) is 7.11 Å². The number of aromatic nitrogens is 1. The van der Waals surface area contributed by atoms with Gasteiger partial charge in [0.15, 0.2) is 0 Å². The summed E-state index contributed by atoms with van der Waals surface area (Å²) >= 11 is 0. The van der Waals surface area contributed by atoms with Gasteiger partial charge in [-0.2, -0.15) is 0 Å². The van der Waals surface area contributed by atoms with Gasteiger partial charge in [-0.15, -0.1) is 0 Å². The van der Waals surface area contributed by atoms with Crippen LogP contribution in [0.25, 0.3) is 0 Å². The number of rotatable bonds is 9. The van der Waals surface area contributed by atoms with Crippen molar-refractivity contribution < 1.29 is 14.3 Å². The van der Waals surface area contributed by atoms with Crippen molar-refractivity contribution >= 4 is 11.8 Å². The molecule has 0 aliphatic heterocycles. The molecule has 1 aliphatic rings. The highest BCUT2D eigenvalue weighted by Crippen LogP contribution is 2.28. The second-order valence-corrected chi connectivity index (χ2v) is 6.11. The highest BCUT2D eigenvalue weighted by molar-refractivity contribution is 5.85. The van der Waals surface area contributed by atoms with Gasteiger partial charge in [0.1, 0.15) is 6.61 Å². The lowest BCUT2D eigenvalue weighted by molar-refractivity contribution is -0.143. The van der Waals surface area contributed by atoms with Gasteiger partial charge in [-0.3, -0.25) is 9.59 Å². The maximum atomic E-state index is 12.7. The molecular formula is C17H27N3O3. The first-order chi connectivity index (χ1) is 11.1. The summed E-state index contributed by atoms with van der Waals surface area (Å²) in [4.78, 5) is 28.3. The van der Waals surface area contributed by atoms with Crippen molar-refractivity contribution in [2.75, 3.05) is 26.8 Å². The lowest BCUT2D eigenvalue weighted by Crippen LogP contribution is -2.45. The minimum absolute atomic E-state index is 0.0200. The topological polar surface area (TPSA) is 54.8 Å². The smallest absolute Gasteiger partial charge is 0.249 e. The number of methoxy groups -OCH3 is 1. The van der Waals surface area contributed by atoms with Gasteiger partial charge in [0.25, 0.3) is 0 Å². The Morgan fingerprint density at radius 1 is 1.35 bits per heavy atom. The lowest BCUT2D eigenvalue weighted by atomic mass is 10.3. The number of amides is 2. The lowest BCUT2D eigenvalue weighted by Gasteiger charge is -2.27. The van der Waals surface area contributed by atoms with Crippen LogP contribution < -0.4 is 0 Å². The Bertz CT molecular complexity index is 537. The molecule has 1 aromatic heterocycles. The summed E-state index contributed by atoms with van der Waals surface area (Å²) in [6, 6.07) is 4.33. The van der Waals surface area contributed by atoms with Gasteiger partial charge in [-0.05, 0) is 31.4 Å². The third kappa shape index (κ3) is 4.82. The third-order valence-electron chi connectivity index (χ3n) is 4.13. The second-order valence-electron chi connectivity index (χ2n) is 6.11. The highest BCUT2D eigenvalue weighted by atomic mass is 16.5. The van der Waals surface area contributed by atoms with Gasteiger partial charge in [-0.25, -0.2) is 0 Å². The van der Waals surface area contributed by atoms with E-state index in [0.29, 0.717) is 19.1 Å². The van der Waals surface area contributed by atoms with Gasteiger partial charge >= 0.3 is 0 Å². The largest absolute Gasteiger partial charge is 0.375 e. The molecule has 1 aliphatic carbocycles. The van der Waals surface area contributed by atoms with Crippen LogP contribution in [0.1, 0.15) is 31.9 Å². The summed E-state index contributed by atoms with van der Waals surface area (Å²) in [6.45, 7) is 3.34. The minimum atomic E-state index is -0.127. The molecule has 1 saturated carbocycles. The fourth-order valence-electron chi connectivity index (χ4n) is 2.67. The summed E-state index contributed by atoms with van der Waals surface area (Å²) in [7, 11) is 3.48. The molecule has 1 fully saturated rings. The quantitative estimate of drug-likeness (QED) is 0.691. The SMILES string of the molecule is CCCN(CC(=O)N(Cc1cccn1C)C1CC1)C(=O)COC. The third-order valence-corrected chi connectivity index (χ3v) is 4.13. The van der Waals surface area contributed by atoms with E-state index in [0.717, 1.165) is 25.0 Å². The molecule has 0 saturated heterocycles. The number of carbonyl (C=O) groups excluding carboxylic acids is 2. The van der Waals surface area contributed by atoms with Gasteiger partial charge in [0.05, 0.1) is 13.1 Å². The fraction of sp³-hybridized carbons (Fsp3) is 0.647. The van der Waals surface area contributed by atoms with Crippen molar-refractivity contribution in [3.63, 3.8) is 0 Å². The monoisotopic (exact) mass is 321 g/mol. The Morgan fingerprint density at radius 3 is 2.61 bits per heavy atom. The maximum Gasteiger partial charge on any atom is 0.249 e. The summed E-state index contributed by atoms with van der Waals surface area (Å²) in [5, 5.41) is 0. The average molecular weight is 321 g/mol. The summed E-state index contributed by atoms with van der Waals surface area (Å²) in [5.41, 5.74) is 1.11. The molecule has 0 N–H and O–H groups in total. The van der Waals surface area contributed by atoms with Crippen LogP contribution in [0.15, 0.2) is 18.3 Å². The Kier molecular flexibility index (Phi) is 6.21. The molecule has 0 atom stereocenters. The van der Waals surface area contributed by atoms with Crippen molar-refractivity contribution in [3.05, 3.63) is 24.0 Å². The Labute approximate surface area is 138 Å². The van der Waals surface area contributed by atoms with Crippen LogP contribution >= 0.6 is 0 Å². The average Bonchev–Trinajstić information content (AvgIpc) is 3.27. The molecular weight excluding hydrogens is 294 g/mol. The van der Waals surface area contributed by atoms with Crippen LogP contribution in [-0.4, -0.2) is 59.0 Å². The van der Waals surface area contributed by atoms with Crippen LogP contribution in [0.4, 0.5) is 0 Å². The Hall–Kier alpha value is -1.82. The number of nitrogens with zero attached hydrogens (tertiary/aromatic N) is 3. The predicted molar refractivity (Wildman–Crippen MR) is 87.7 cm³/mol. The first kappa shape index (κ1) is 17.5. The van der Waals surface area contributed by atoms with Crippen LogP contribution in [0.5, 0.6) is 0 Å². The van der Waals surface area contributed by atoms with Gasteiger partial charge < -0.3 is 19.1 Å². The molecule has 0 aromatic carbocycles. The molecule has 2 amide bonds. The van der Waals surface area contributed by atoms with Gasteiger partial charge in [0, 0.05) is 38.6 Å². The molecule has 6 nitrogen and oxygen atoms in total. The molecule has 128 valence electrons. The Morgan fingerprint density at radius 2 is 2.09 bits per heavy atom. The zero-order valence-corrected chi connectivity index (χ0v) is 14.3. The summed E-state index contributed by atoms with van der Waals surface area (Å²) in [6.07, 6.45) is 4.91. The molecule has 0 unspecified atom stereocenters. The predicted octanol–water partition coefficient (Wildman–Crippen LogP) is 1.40. The van der Waals surface area contributed by atoms with Crippen LogP contribution in [0, 0.1) is 0 Å². The van der Waals surface area contributed by atoms with E-state index in [4.69, 9.17) is 4.74 Å². The zero-order valence-electron chi connectivity index (χ0n) is 14.3. The van der Waals surface area contributed by atoms with Crippen molar-refractivity contribution in [2.45, 2.75) is 38.8 Å². The number of hydrogen-bond acceptors (Lipinski definition) is 3. The van der Waals surface area contributed by atoms with Crippen molar-refractivity contribution in [1.82, 2.24) is 14.4 Å². The van der Waals surface area contributed by atoms with E-state index >= 15 is 0 Å². The molecule has 1 aromatic rings. The van der Waals surface area contributed by atoms with Crippen molar-refractivity contribution in [3.8, 4) is 0 Å². The van der Waals surface area contributed by atoms with Crippen LogP contribution in [-0.2, 0) is 27.9 Å². The van der Waals surface area contributed by atoms with Crippen molar-refractivity contribution in [2.24, 2.45) is 7.05 Å². The van der Waals surface area contributed by atoms with E-state index < -0.39 is 0 Å². The Balaban J connectivity index is 2.02. The zero-order chi connectivity index (χ0) is 16.8. The van der Waals surface area contributed by atoms with Gasteiger partial charge in [-0.1, -0.05) is 6.92 Å². The normalized spacial score (nSPS) is 13.9. The summed E-state index contributed by atoms with van der Waals surface area (Å²) < 4.78 is 6.94. The van der Waals surface area contributed by atoms with Crippen LogP contribution in [0.3, 0.4) is 0 Å². The van der Waals surface area contributed by atoms with E-state index in [-0.39, 0.29) is 25.0 Å². The number of aryl methyl sites for hydroxylation is 1. The van der Waals surface area contributed by atoms with E-state index in [2.05, 4.69) is 0 Å². The standard InChI is InChI=1S/C17H27N3O3/c1-4-9-19(17(22)13-23-3)12-16(21)20(14-7-8-14)11-15-6-5-10-18(15)2/h5-6,10,14H,4,7-9,11-13H2,1-3H3. The fourth-order valence-corrected chi connectivity index (χ4v) is 2.67. The van der Waals surface area contributed by atoms with Gasteiger partial charge in [0.2, 0.25) is 11.8 Å². The second kappa shape index (κ2) is 8.15. The maximum absolute atomic E-state index is 12.7. The van der Waals surface area contributed by atoms with E-state index in [1.54, 1.807) is 4.90 Å². The molecule has 0 bridgehead atoms. The number of hydrogen-bond donors (Lipinski definition) is 0.